The number of hydrogen-bond donors (Lipinski definition) is 1. The largest absolute Gasteiger partial charge is 0.351 e. The number of rotatable bonds is 3. The molecular formula is C16H13F2N3. The van der Waals surface area contributed by atoms with Crippen molar-refractivity contribution in [2.75, 3.05) is 0 Å². The number of nitrogens with one attached hydrogen (secondary N) is 1. The minimum absolute atomic E-state index is 0.257. The normalized spacial score (nSPS) is 12.3. The summed E-state index contributed by atoms with van der Waals surface area (Å²) in [7, 11) is 0. The molecule has 3 nitrogen and oxygen atoms in total. The SMILES string of the molecule is Cc1cc(C(c2c[nH]cn2)c2cccc(F)c2F)ccn1. The number of aromatic nitrogens is 3. The van der Waals surface area contributed by atoms with E-state index in [1.807, 2.05) is 13.0 Å². The lowest BCUT2D eigenvalue weighted by Crippen LogP contribution is -2.08. The first-order chi connectivity index (χ1) is 10.2. The Morgan fingerprint density at radius 3 is 2.71 bits per heavy atom. The van der Waals surface area contributed by atoms with E-state index in [0.717, 1.165) is 17.3 Å². The smallest absolute Gasteiger partial charge is 0.163 e. The average Bonchev–Trinajstić information content (AvgIpc) is 2.98. The van der Waals surface area contributed by atoms with Gasteiger partial charge in [0.15, 0.2) is 11.6 Å². The van der Waals surface area contributed by atoms with E-state index in [-0.39, 0.29) is 5.56 Å². The number of aryl methyl sites for hydroxylation is 1. The fraction of sp³-hybridized carbons (Fsp3) is 0.125. The summed E-state index contributed by atoms with van der Waals surface area (Å²) in [4.78, 5) is 11.2. The van der Waals surface area contributed by atoms with Crippen LogP contribution in [0.25, 0.3) is 0 Å². The Morgan fingerprint density at radius 2 is 2.00 bits per heavy atom. The maximum absolute atomic E-state index is 14.2. The molecule has 21 heavy (non-hydrogen) atoms. The zero-order chi connectivity index (χ0) is 14.8. The highest BCUT2D eigenvalue weighted by molar-refractivity contribution is 5.40. The van der Waals surface area contributed by atoms with Crippen LogP contribution in [0.2, 0.25) is 0 Å². The van der Waals surface area contributed by atoms with Gasteiger partial charge in [0, 0.05) is 23.7 Å². The number of nitrogens with zero attached hydrogens (tertiary/aromatic N) is 2. The molecule has 0 amide bonds. The molecule has 0 radical (unpaired) electrons. The molecule has 5 heteroatoms. The van der Waals surface area contributed by atoms with E-state index in [2.05, 4.69) is 15.0 Å². The van der Waals surface area contributed by atoms with E-state index in [9.17, 15) is 8.78 Å². The standard InChI is InChI=1S/C16H13F2N3/c1-10-7-11(5-6-20-10)15(14-8-19-9-21-14)12-3-2-4-13(17)16(12)18/h2-9,15H,1H3,(H,19,21). The lowest BCUT2D eigenvalue weighted by atomic mass is 9.88. The molecule has 0 aliphatic rings. The second-order valence-corrected chi connectivity index (χ2v) is 4.80. The maximum atomic E-state index is 14.2. The fourth-order valence-electron chi connectivity index (χ4n) is 2.43. The van der Waals surface area contributed by atoms with E-state index in [4.69, 9.17) is 0 Å². The second-order valence-electron chi connectivity index (χ2n) is 4.80. The zero-order valence-electron chi connectivity index (χ0n) is 11.3. The van der Waals surface area contributed by atoms with Gasteiger partial charge in [-0.3, -0.25) is 4.98 Å². The first-order valence-electron chi connectivity index (χ1n) is 6.52. The third-order valence-electron chi connectivity index (χ3n) is 3.36. The summed E-state index contributed by atoms with van der Waals surface area (Å²) in [6.45, 7) is 1.85. The first kappa shape index (κ1) is 13.4. The number of benzene rings is 1. The number of halogens is 2. The molecule has 0 bridgehead atoms. The highest BCUT2D eigenvalue weighted by Gasteiger charge is 2.23. The third kappa shape index (κ3) is 2.54. The number of pyridine rings is 1. The summed E-state index contributed by atoms with van der Waals surface area (Å²) in [5.74, 6) is -2.19. The van der Waals surface area contributed by atoms with Crippen LogP contribution in [-0.4, -0.2) is 15.0 Å². The van der Waals surface area contributed by atoms with Crippen molar-refractivity contribution in [2.24, 2.45) is 0 Å². The van der Waals surface area contributed by atoms with Gasteiger partial charge in [-0.15, -0.1) is 0 Å². The topological polar surface area (TPSA) is 41.6 Å². The molecule has 0 saturated heterocycles. The molecule has 3 rings (SSSR count). The van der Waals surface area contributed by atoms with Crippen molar-refractivity contribution in [2.45, 2.75) is 12.8 Å². The Hall–Kier alpha value is -2.56. The monoisotopic (exact) mass is 285 g/mol. The molecule has 0 spiro atoms. The lowest BCUT2D eigenvalue weighted by Gasteiger charge is -2.17. The van der Waals surface area contributed by atoms with Gasteiger partial charge in [-0.1, -0.05) is 12.1 Å². The Balaban J connectivity index is 2.20. The molecule has 1 atom stereocenters. The highest BCUT2D eigenvalue weighted by Crippen LogP contribution is 2.32. The van der Waals surface area contributed by atoms with E-state index >= 15 is 0 Å². The molecule has 0 saturated carbocycles. The number of hydrogen-bond acceptors (Lipinski definition) is 2. The van der Waals surface area contributed by atoms with Gasteiger partial charge in [-0.2, -0.15) is 0 Å². The van der Waals surface area contributed by atoms with Crippen LogP contribution in [0.3, 0.4) is 0 Å². The summed E-state index contributed by atoms with van der Waals surface area (Å²) >= 11 is 0. The zero-order valence-corrected chi connectivity index (χ0v) is 11.3. The molecule has 1 N–H and O–H groups in total. The van der Waals surface area contributed by atoms with E-state index in [1.165, 1.54) is 12.4 Å². The molecule has 3 aromatic rings. The van der Waals surface area contributed by atoms with Gasteiger partial charge in [0.05, 0.1) is 17.9 Å². The predicted octanol–water partition coefficient (Wildman–Crippen LogP) is 3.57. The van der Waals surface area contributed by atoms with E-state index in [1.54, 1.807) is 24.5 Å². The predicted molar refractivity (Wildman–Crippen MR) is 74.9 cm³/mol. The van der Waals surface area contributed by atoms with Crippen LogP contribution < -0.4 is 0 Å². The van der Waals surface area contributed by atoms with Crippen molar-refractivity contribution >= 4 is 0 Å². The summed E-state index contributed by atoms with van der Waals surface area (Å²) in [5.41, 5.74) is 2.52. The molecule has 0 aliphatic carbocycles. The van der Waals surface area contributed by atoms with Gasteiger partial charge in [-0.05, 0) is 30.7 Å². The first-order valence-corrected chi connectivity index (χ1v) is 6.52. The third-order valence-corrected chi connectivity index (χ3v) is 3.36. The van der Waals surface area contributed by atoms with Gasteiger partial charge in [0.2, 0.25) is 0 Å². The molecule has 106 valence electrons. The number of imidazole rings is 1. The van der Waals surface area contributed by atoms with E-state index < -0.39 is 17.6 Å². The minimum Gasteiger partial charge on any atom is -0.351 e. The average molecular weight is 285 g/mol. The van der Waals surface area contributed by atoms with Crippen LogP contribution >= 0.6 is 0 Å². The van der Waals surface area contributed by atoms with Crippen LogP contribution in [-0.2, 0) is 0 Å². The molecule has 1 aromatic carbocycles. The highest BCUT2D eigenvalue weighted by atomic mass is 19.2. The quantitative estimate of drug-likeness (QED) is 0.799. The minimum atomic E-state index is -0.862. The van der Waals surface area contributed by atoms with E-state index in [0.29, 0.717) is 5.69 Å². The van der Waals surface area contributed by atoms with Gasteiger partial charge < -0.3 is 4.98 Å². The van der Waals surface area contributed by atoms with Crippen LogP contribution in [0.1, 0.15) is 28.4 Å². The van der Waals surface area contributed by atoms with Crippen molar-refractivity contribution in [3.63, 3.8) is 0 Å². The van der Waals surface area contributed by atoms with Crippen molar-refractivity contribution in [3.05, 3.63) is 83.2 Å². The van der Waals surface area contributed by atoms with Gasteiger partial charge in [0.25, 0.3) is 0 Å². The van der Waals surface area contributed by atoms with Crippen molar-refractivity contribution in [1.29, 1.82) is 0 Å². The molecular weight excluding hydrogens is 272 g/mol. The maximum Gasteiger partial charge on any atom is 0.163 e. The van der Waals surface area contributed by atoms with Crippen molar-refractivity contribution in [3.8, 4) is 0 Å². The van der Waals surface area contributed by atoms with Crippen molar-refractivity contribution in [1.82, 2.24) is 15.0 Å². The summed E-state index contributed by atoms with van der Waals surface area (Å²) in [6.07, 6.45) is 4.86. The second kappa shape index (κ2) is 5.44. The molecule has 2 aromatic heterocycles. The molecule has 1 unspecified atom stereocenters. The Bertz CT molecular complexity index is 754. The number of H-pyrrole nitrogens is 1. The molecule has 0 aliphatic heterocycles. The summed E-state index contributed by atoms with van der Waals surface area (Å²) < 4.78 is 27.8. The lowest BCUT2D eigenvalue weighted by molar-refractivity contribution is 0.497. The Morgan fingerprint density at radius 1 is 1.14 bits per heavy atom. The summed E-state index contributed by atoms with van der Waals surface area (Å²) in [6, 6.07) is 7.83. The van der Waals surface area contributed by atoms with Crippen molar-refractivity contribution < 1.29 is 8.78 Å². The fourth-order valence-corrected chi connectivity index (χ4v) is 2.43. The Kier molecular flexibility index (Phi) is 3.48. The van der Waals surface area contributed by atoms with Gasteiger partial charge >= 0.3 is 0 Å². The summed E-state index contributed by atoms with van der Waals surface area (Å²) in [5, 5.41) is 0. The van der Waals surface area contributed by atoms with Crippen LogP contribution in [0, 0.1) is 18.6 Å². The van der Waals surface area contributed by atoms with Crippen LogP contribution in [0.15, 0.2) is 49.1 Å². The van der Waals surface area contributed by atoms with Gasteiger partial charge in [-0.25, -0.2) is 13.8 Å². The molecule has 0 fully saturated rings. The van der Waals surface area contributed by atoms with Gasteiger partial charge in [0.1, 0.15) is 0 Å². The van der Waals surface area contributed by atoms with Crippen LogP contribution in [0.4, 0.5) is 8.78 Å². The number of aromatic amines is 1. The van der Waals surface area contributed by atoms with Crippen LogP contribution in [0.5, 0.6) is 0 Å². The Labute approximate surface area is 120 Å². The molecule has 2 heterocycles.